The molecule has 3 nitrogen and oxygen atoms in total. The van der Waals surface area contributed by atoms with E-state index in [0.717, 1.165) is 5.56 Å². The van der Waals surface area contributed by atoms with Gasteiger partial charge < -0.3 is 17.6 Å². The molecule has 0 saturated carbocycles. The Kier molecular flexibility index (Phi) is 12.1. The minimum atomic E-state index is 0. The number of aromatic nitrogens is 1. The van der Waals surface area contributed by atoms with Crippen LogP contribution in [0.3, 0.4) is 0 Å². The minimum Gasteiger partial charge on any atom is -1.00 e. The number of halogens is 1. The lowest BCUT2D eigenvalue weighted by Gasteiger charge is -1.80. The first-order chi connectivity index (χ1) is 5.85. The van der Waals surface area contributed by atoms with Crippen LogP contribution in [0, 0.1) is 0 Å². The Morgan fingerprint density at radius 1 is 1.38 bits per heavy atom. The molecule has 0 aliphatic heterocycles. The number of nitrogens with one attached hydrogen (secondary N) is 1. The average molecular weight is 203 g/mol. The molecule has 0 aliphatic carbocycles. The largest absolute Gasteiger partial charge is 1.00 e. The van der Waals surface area contributed by atoms with E-state index >= 15 is 0 Å². The monoisotopic (exact) mass is 202 g/mol. The third-order valence-corrected chi connectivity index (χ3v) is 0.951. The molecule has 1 heterocycles. The minimum absolute atomic E-state index is 0. The first-order valence-electron chi connectivity index (χ1n) is 3.98. The molecule has 1 rings (SSSR count). The zero-order valence-corrected chi connectivity index (χ0v) is 8.62. The lowest BCUT2D eigenvalue weighted by Crippen LogP contribution is -3.00. The van der Waals surface area contributed by atoms with E-state index in [2.05, 4.69) is 24.0 Å². The van der Waals surface area contributed by atoms with E-state index < -0.39 is 0 Å². The van der Waals surface area contributed by atoms with Crippen molar-refractivity contribution in [3.8, 4) is 0 Å². The van der Waals surface area contributed by atoms with Crippen LogP contribution >= 0.6 is 0 Å². The number of rotatable bonds is 1. The van der Waals surface area contributed by atoms with Gasteiger partial charge in [0.05, 0.1) is 6.21 Å². The highest BCUT2D eigenvalue weighted by atomic mass is 35.5. The zero-order chi connectivity index (χ0) is 9.23. The quantitative estimate of drug-likeness (QED) is 0.345. The summed E-state index contributed by atoms with van der Waals surface area (Å²) in [5.41, 5.74) is 0.872. The van der Waals surface area contributed by atoms with Crippen LogP contribution in [0.25, 0.3) is 0 Å². The fraction of sp³-hybridized carbons (Fsp3) is 0.333. The smallest absolute Gasteiger partial charge is 0.167 e. The molecule has 2 N–H and O–H groups in total. The van der Waals surface area contributed by atoms with E-state index in [9.17, 15) is 0 Å². The summed E-state index contributed by atoms with van der Waals surface area (Å²) in [6.07, 6.45) is 6.14. The van der Waals surface area contributed by atoms with Crippen molar-refractivity contribution in [3.63, 3.8) is 0 Å². The average Bonchev–Trinajstić information content (AvgIpc) is 2.08. The maximum Gasteiger partial charge on any atom is 0.167 e. The van der Waals surface area contributed by atoms with Crippen LogP contribution in [0.1, 0.15) is 25.8 Å². The Hall–Kier alpha value is -1.09. The number of nitrogens with zero attached hydrogens (tertiary/aromatic N) is 1. The number of oxime groups is 1. The molecule has 0 saturated heterocycles. The van der Waals surface area contributed by atoms with Crippen molar-refractivity contribution >= 4 is 6.21 Å². The van der Waals surface area contributed by atoms with Gasteiger partial charge in [-0.15, -0.1) is 0 Å². The molecule has 0 aliphatic rings. The van der Waals surface area contributed by atoms with Crippen LogP contribution in [-0.2, 0) is 0 Å². The normalized spacial score (nSPS) is 8.46. The summed E-state index contributed by atoms with van der Waals surface area (Å²) in [7, 11) is 0. The highest BCUT2D eigenvalue weighted by Gasteiger charge is 1.84. The highest BCUT2D eigenvalue weighted by Crippen LogP contribution is 1.86. The molecule has 1 aromatic rings. The fourth-order valence-corrected chi connectivity index (χ4v) is 0.553. The topological polar surface area (TPSA) is 46.7 Å². The third-order valence-electron chi connectivity index (χ3n) is 0.951. The zero-order valence-electron chi connectivity index (χ0n) is 7.87. The van der Waals surface area contributed by atoms with Gasteiger partial charge in [-0.3, -0.25) is 0 Å². The SMILES string of the molecule is CCC.ON=Cc1cc[nH+]cc1.[Cl-]. The maximum absolute atomic E-state index is 8.08. The summed E-state index contributed by atoms with van der Waals surface area (Å²) >= 11 is 0. The molecular weight excluding hydrogens is 188 g/mol. The summed E-state index contributed by atoms with van der Waals surface area (Å²) in [5.74, 6) is 0. The Bertz CT molecular complexity index is 214. The van der Waals surface area contributed by atoms with Crippen LogP contribution in [-0.4, -0.2) is 11.4 Å². The van der Waals surface area contributed by atoms with Gasteiger partial charge in [0, 0.05) is 17.7 Å². The van der Waals surface area contributed by atoms with E-state index in [-0.39, 0.29) is 12.4 Å². The van der Waals surface area contributed by atoms with Gasteiger partial charge in [0.15, 0.2) is 12.4 Å². The molecule has 1 aromatic heterocycles. The molecule has 74 valence electrons. The van der Waals surface area contributed by atoms with E-state index in [1.54, 1.807) is 24.5 Å². The van der Waals surface area contributed by atoms with Gasteiger partial charge in [0.25, 0.3) is 0 Å². The van der Waals surface area contributed by atoms with Crippen molar-refractivity contribution in [2.75, 3.05) is 0 Å². The molecular formula is C9H15ClN2O. The fourth-order valence-electron chi connectivity index (χ4n) is 0.553. The van der Waals surface area contributed by atoms with Crippen molar-refractivity contribution in [1.29, 1.82) is 0 Å². The lowest BCUT2D eigenvalue weighted by molar-refractivity contribution is -0.378. The van der Waals surface area contributed by atoms with Crippen molar-refractivity contribution in [1.82, 2.24) is 0 Å². The molecule has 13 heavy (non-hydrogen) atoms. The molecule has 0 radical (unpaired) electrons. The summed E-state index contributed by atoms with van der Waals surface area (Å²) in [5, 5.41) is 10.9. The molecule has 4 heteroatoms. The second-order valence-corrected chi connectivity index (χ2v) is 2.29. The van der Waals surface area contributed by atoms with E-state index in [1.807, 2.05) is 0 Å². The number of pyridine rings is 1. The maximum atomic E-state index is 8.08. The second kappa shape index (κ2) is 10.9. The highest BCUT2D eigenvalue weighted by molar-refractivity contribution is 5.78. The number of H-pyrrole nitrogens is 1. The van der Waals surface area contributed by atoms with Gasteiger partial charge in [-0.25, -0.2) is 4.98 Å². The van der Waals surface area contributed by atoms with Gasteiger partial charge in [-0.1, -0.05) is 25.4 Å². The summed E-state index contributed by atoms with van der Waals surface area (Å²) in [4.78, 5) is 2.85. The van der Waals surface area contributed by atoms with E-state index in [1.165, 1.54) is 12.6 Å². The van der Waals surface area contributed by atoms with Crippen molar-refractivity contribution in [2.45, 2.75) is 20.3 Å². The molecule has 0 bridgehead atoms. The Labute approximate surface area is 84.9 Å². The van der Waals surface area contributed by atoms with Crippen LogP contribution in [0.4, 0.5) is 0 Å². The third kappa shape index (κ3) is 8.82. The Morgan fingerprint density at radius 2 is 1.85 bits per heavy atom. The van der Waals surface area contributed by atoms with Crippen LogP contribution in [0.5, 0.6) is 0 Å². The van der Waals surface area contributed by atoms with Gasteiger partial charge >= 0.3 is 0 Å². The molecule has 0 unspecified atom stereocenters. The van der Waals surface area contributed by atoms with Gasteiger partial charge in [-0.05, 0) is 0 Å². The lowest BCUT2D eigenvalue weighted by atomic mass is 10.3. The summed E-state index contributed by atoms with van der Waals surface area (Å²) in [6.45, 7) is 4.25. The Balaban J connectivity index is 0. The number of hydrogen-bond donors (Lipinski definition) is 1. The van der Waals surface area contributed by atoms with E-state index in [4.69, 9.17) is 5.21 Å². The first-order valence-corrected chi connectivity index (χ1v) is 3.98. The molecule has 0 amide bonds. The van der Waals surface area contributed by atoms with E-state index in [0.29, 0.717) is 0 Å². The van der Waals surface area contributed by atoms with Crippen LogP contribution < -0.4 is 17.4 Å². The molecule has 0 atom stereocenters. The number of aromatic amines is 1. The molecule has 0 aromatic carbocycles. The summed E-state index contributed by atoms with van der Waals surface area (Å²) < 4.78 is 0. The number of hydrogen-bond acceptors (Lipinski definition) is 2. The standard InChI is InChI=1S/C6H6N2O.C3H8.ClH/c9-8-5-6-1-3-7-4-2-6;1-3-2;/h1-5,9H;3H2,1-2H3;1H. The molecule has 0 spiro atoms. The predicted molar refractivity (Wildman–Crippen MR) is 48.3 cm³/mol. The van der Waals surface area contributed by atoms with Crippen LogP contribution in [0.2, 0.25) is 0 Å². The Morgan fingerprint density at radius 3 is 2.23 bits per heavy atom. The van der Waals surface area contributed by atoms with Crippen molar-refractivity contribution in [3.05, 3.63) is 30.1 Å². The van der Waals surface area contributed by atoms with Crippen LogP contribution in [0.15, 0.2) is 29.7 Å². The van der Waals surface area contributed by atoms with Gasteiger partial charge in [0.2, 0.25) is 0 Å². The van der Waals surface area contributed by atoms with Crippen molar-refractivity contribution in [2.24, 2.45) is 5.16 Å². The molecule has 0 fully saturated rings. The van der Waals surface area contributed by atoms with Gasteiger partial charge in [0.1, 0.15) is 0 Å². The van der Waals surface area contributed by atoms with Crippen molar-refractivity contribution < 1.29 is 22.6 Å². The first kappa shape index (κ1) is 14.4. The second-order valence-electron chi connectivity index (χ2n) is 2.29. The summed E-state index contributed by atoms with van der Waals surface area (Å²) in [6, 6.07) is 3.61. The van der Waals surface area contributed by atoms with Gasteiger partial charge in [-0.2, -0.15) is 0 Å². The predicted octanol–water partition coefficient (Wildman–Crippen LogP) is -1.27.